The van der Waals surface area contributed by atoms with Crippen molar-refractivity contribution in [3.8, 4) is 0 Å². The maximum Gasteiger partial charge on any atom is 0.0470 e. The van der Waals surface area contributed by atoms with E-state index in [0.717, 1.165) is 18.5 Å². The zero-order chi connectivity index (χ0) is 14.8. The minimum Gasteiger partial charge on any atom is -0.329 e. The summed E-state index contributed by atoms with van der Waals surface area (Å²) in [5, 5.41) is 0. The Morgan fingerprint density at radius 3 is 2.67 bits per heavy atom. The van der Waals surface area contributed by atoms with Gasteiger partial charge in [-0.1, -0.05) is 29.8 Å². The molecule has 0 bridgehead atoms. The number of piperidine rings is 2. The third-order valence-electron chi connectivity index (χ3n) is 5.50. The van der Waals surface area contributed by atoms with Gasteiger partial charge in [-0.15, -0.1) is 0 Å². The maximum absolute atomic E-state index is 6.12. The van der Waals surface area contributed by atoms with E-state index in [1.807, 2.05) is 0 Å². The Labute approximate surface area is 129 Å². The Bertz CT molecular complexity index is 456. The highest BCUT2D eigenvalue weighted by Gasteiger charge is 2.36. The molecule has 116 valence electrons. The Morgan fingerprint density at radius 1 is 1.19 bits per heavy atom. The van der Waals surface area contributed by atoms with Crippen LogP contribution in [0.25, 0.3) is 0 Å². The molecule has 0 radical (unpaired) electrons. The summed E-state index contributed by atoms with van der Waals surface area (Å²) in [4.78, 5) is 5.21. The van der Waals surface area contributed by atoms with E-state index in [-0.39, 0.29) is 0 Å². The zero-order valence-corrected chi connectivity index (χ0v) is 13.5. The predicted molar refractivity (Wildman–Crippen MR) is 88.3 cm³/mol. The number of likely N-dealkylation sites (tertiary alicyclic amines) is 2. The van der Waals surface area contributed by atoms with Crippen molar-refractivity contribution in [2.75, 3.05) is 33.2 Å². The van der Waals surface area contributed by atoms with Crippen molar-refractivity contribution >= 4 is 0 Å². The molecule has 0 aliphatic carbocycles. The van der Waals surface area contributed by atoms with Gasteiger partial charge in [0, 0.05) is 31.7 Å². The van der Waals surface area contributed by atoms with Gasteiger partial charge in [-0.25, -0.2) is 0 Å². The summed E-state index contributed by atoms with van der Waals surface area (Å²) in [7, 11) is 2.30. The lowest BCUT2D eigenvalue weighted by Gasteiger charge is -2.48. The van der Waals surface area contributed by atoms with Crippen LogP contribution < -0.4 is 5.73 Å². The largest absolute Gasteiger partial charge is 0.329 e. The summed E-state index contributed by atoms with van der Waals surface area (Å²) < 4.78 is 0. The van der Waals surface area contributed by atoms with Crippen molar-refractivity contribution in [1.29, 1.82) is 0 Å². The molecular weight excluding hydrogens is 258 g/mol. The number of fused-ring (bicyclic) bond motifs is 1. The topological polar surface area (TPSA) is 32.5 Å². The average molecular weight is 287 g/mol. The Balaban J connectivity index is 1.72. The molecule has 1 aromatic carbocycles. The highest BCUT2D eigenvalue weighted by atomic mass is 15.2. The van der Waals surface area contributed by atoms with Gasteiger partial charge in [0.1, 0.15) is 0 Å². The first-order chi connectivity index (χ1) is 10.2. The number of hydrogen-bond donors (Lipinski definition) is 1. The number of nitrogens with zero attached hydrogens (tertiary/aromatic N) is 2. The molecule has 1 aromatic rings. The molecule has 3 atom stereocenters. The SMILES string of the molecule is Cc1ccc(C(CN)N2CCC3C(CCCN3C)C2)cc1. The van der Waals surface area contributed by atoms with Crippen LogP contribution in [0.2, 0.25) is 0 Å². The van der Waals surface area contributed by atoms with Gasteiger partial charge in [-0.05, 0) is 51.3 Å². The summed E-state index contributed by atoms with van der Waals surface area (Å²) in [6.45, 7) is 6.53. The monoisotopic (exact) mass is 287 g/mol. The molecule has 2 saturated heterocycles. The third kappa shape index (κ3) is 3.15. The van der Waals surface area contributed by atoms with Crippen LogP contribution in [0.3, 0.4) is 0 Å². The first kappa shape index (κ1) is 15.0. The van der Waals surface area contributed by atoms with Gasteiger partial charge in [-0.2, -0.15) is 0 Å². The molecule has 2 fully saturated rings. The average Bonchev–Trinajstić information content (AvgIpc) is 2.50. The second-order valence-corrected chi connectivity index (χ2v) is 6.90. The lowest BCUT2D eigenvalue weighted by molar-refractivity contribution is 0.0211. The number of hydrogen-bond acceptors (Lipinski definition) is 3. The maximum atomic E-state index is 6.12. The minimum absolute atomic E-state index is 0.388. The fourth-order valence-corrected chi connectivity index (χ4v) is 4.25. The van der Waals surface area contributed by atoms with Gasteiger partial charge in [-0.3, -0.25) is 4.90 Å². The van der Waals surface area contributed by atoms with Crippen molar-refractivity contribution in [3.05, 3.63) is 35.4 Å². The van der Waals surface area contributed by atoms with Crippen LogP contribution in [0.5, 0.6) is 0 Å². The highest BCUT2D eigenvalue weighted by Crippen LogP contribution is 2.33. The quantitative estimate of drug-likeness (QED) is 0.926. The molecule has 3 rings (SSSR count). The molecule has 21 heavy (non-hydrogen) atoms. The molecule has 0 saturated carbocycles. The van der Waals surface area contributed by atoms with Crippen LogP contribution in [0, 0.1) is 12.8 Å². The van der Waals surface area contributed by atoms with E-state index in [1.54, 1.807) is 0 Å². The minimum atomic E-state index is 0.388. The van der Waals surface area contributed by atoms with E-state index >= 15 is 0 Å². The van der Waals surface area contributed by atoms with E-state index in [1.165, 1.54) is 50.0 Å². The standard InChI is InChI=1S/C18H29N3/c1-14-5-7-15(8-6-14)18(12-19)21-11-9-17-16(13-21)4-3-10-20(17)2/h5-8,16-18H,3-4,9-13,19H2,1-2H3. The first-order valence-corrected chi connectivity index (χ1v) is 8.40. The molecule has 3 nitrogen and oxygen atoms in total. The first-order valence-electron chi connectivity index (χ1n) is 8.40. The van der Waals surface area contributed by atoms with Gasteiger partial charge in [0.05, 0.1) is 0 Å². The highest BCUT2D eigenvalue weighted by molar-refractivity contribution is 5.24. The van der Waals surface area contributed by atoms with E-state index in [9.17, 15) is 0 Å². The van der Waals surface area contributed by atoms with Crippen LogP contribution in [0.1, 0.15) is 36.4 Å². The molecule has 2 heterocycles. The summed E-state index contributed by atoms with van der Waals surface area (Å²) >= 11 is 0. The molecule has 3 heteroatoms. The summed E-state index contributed by atoms with van der Waals surface area (Å²) in [5.74, 6) is 0.831. The lowest BCUT2D eigenvalue weighted by Crippen LogP contribution is -2.53. The van der Waals surface area contributed by atoms with Crippen LogP contribution in [0.15, 0.2) is 24.3 Å². The normalized spacial score (nSPS) is 29.1. The van der Waals surface area contributed by atoms with Crippen LogP contribution >= 0.6 is 0 Å². The van der Waals surface area contributed by atoms with Gasteiger partial charge in [0.2, 0.25) is 0 Å². The number of nitrogens with two attached hydrogens (primary N) is 1. The lowest BCUT2D eigenvalue weighted by atomic mass is 9.83. The van der Waals surface area contributed by atoms with Gasteiger partial charge < -0.3 is 10.6 Å². The van der Waals surface area contributed by atoms with Crippen molar-refractivity contribution in [3.63, 3.8) is 0 Å². The van der Waals surface area contributed by atoms with E-state index < -0.39 is 0 Å². The van der Waals surface area contributed by atoms with E-state index in [2.05, 4.69) is 48.0 Å². The van der Waals surface area contributed by atoms with Crippen molar-refractivity contribution < 1.29 is 0 Å². The molecule has 0 aromatic heterocycles. The van der Waals surface area contributed by atoms with Gasteiger partial charge in [0.15, 0.2) is 0 Å². The molecule has 2 aliphatic heterocycles. The zero-order valence-electron chi connectivity index (χ0n) is 13.5. The number of benzene rings is 1. The summed E-state index contributed by atoms with van der Waals surface area (Å²) in [5.41, 5.74) is 8.82. The van der Waals surface area contributed by atoms with Crippen molar-refractivity contribution in [2.45, 2.75) is 38.3 Å². The molecule has 0 spiro atoms. The third-order valence-corrected chi connectivity index (χ3v) is 5.50. The van der Waals surface area contributed by atoms with Crippen molar-refractivity contribution in [2.24, 2.45) is 11.7 Å². The fraction of sp³-hybridized carbons (Fsp3) is 0.667. The predicted octanol–water partition coefficient (Wildman–Crippen LogP) is 2.41. The number of aryl methyl sites for hydroxylation is 1. The Morgan fingerprint density at radius 2 is 1.95 bits per heavy atom. The Hall–Kier alpha value is -0.900. The second-order valence-electron chi connectivity index (χ2n) is 6.90. The van der Waals surface area contributed by atoms with E-state index in [0.29, 0.717) is 6.04 Å². The second kappa shape index (κ2) is 6.47. The molecular formula is C18H29N3. The molecule has 2 aliphatic rings. The van der Waals surface area contributed by atoms with Gasteiger partial charge >= 0.3 is 0 Å². The van der Waals surface area contributed by atoms with Crippen molar-refractivity contribution in [1.82, 2.24) is 9.80 Å². The summed E-state index contributed by atoms with van der Waals surface area (Å²) in [6.07, 6.45) is 4.03. The van der Waals surface area contributed by atoms with Gasteiger partial charge in [0.25, 0.3) is 0 Å². The van der Waals surface area contributed by atoms with Crippen LogP contribution in [-0.2, 0) is 0 Å². The van der Waals surface area contributed by atoms with E-state index in [4.69, 9.17) is 5.73 Å². The number of rotatable bonds is 3. The molecule has 3 unspecified atom stereocenters. The molecule has 0 amide bonds. The summed E-state index contributed by atoms with van der Waals surface area (Å²) in [6, 6.07) is 10.1. The fourth-order valence-electron chi connectivity index (χ4n) is 4.25. The Kier molecular flexibility index (Phi) is 4.63. The van der Waals surface area contributed by atoms with Crippen LogP contribution in [0.4, 0.5) is 0 Å². The smallest absolute Gasteiger partial charge is 0.0470 e. The molecule has 2 N–H and O–H groups in total. The van der Waals surface area contributed by atoms with Crippen LogP contribution in [-0.4, -0.2) is 49.1 Å².